The number of hydrogen-bond acceptors (Lipinski definition) is 6. The van der Waals surface area contributed by atoms with Crippen molar-refractivity contribution in [3.8, 4) is 11.5 Å². The number of ether oxygens (including phenoxy) is 2. The summed E-state index contributed by atoms with van der Waals surface area (Å²) in [7, 11) is -2.22. The molecule has 39 heavy (non-hydrogen) atoms. The number of rotatable bonds is 8. The smallest absolute Gasteiger partial charge is 0.410 e. The van der Waals surface area contributed by atoms with Gasteiger partial charge in [0.2, 0.25) is 11.9 Å². The van der Waals surface area contributed by atoms with Gasteiger partial charge < -0.3 is 24.6 Å². The topological polar surface area (TPSA) is 132 Å². The fraction of sp³-hybridized carbons (Fsp3) is 0.393. The van der Waals surface area contributed by atoms with Gasteiger partial charge in [-0.3, -0.25) is 4.79 Å². The summed E-state index contributed by atoms with van der Waals surface area (Å²) in [5.74, 6) is -0.388. The predicted octanol–water partition coefficient (Wildman–Crippen LogP) is 4.81. The molecule has 11 heteroatoms. The van der Waals surface area contributed by atoms with Crippen LogP contribution in [0.4, 0.5) is 9.59 Å². The van der Waals surface area contributed by atoms with Gasteiger partial charge in [-0.1, -0.05) is 70.3 Å². The van der Waals surface area contributed by atoms with Gasteiger partial charge in [-0.2, -0.15) is 0 Å². The minimum absolute atomic E-state index is 0.00899. The zero-order valence-electron chi connectivity index (χ0n) is 23.0. The molecule has 2 aromatic carbocycles. The molecule has 2 aromatic rings. The lowest BCUT2D eigenvalue weighted by Crippen LogP contribution is -2.73. The molecule has 0 spiro atoms. The number of nitrogens with two attached hydrogens (primary N) is 1. The number of β-lactam (4-membered cyclic amide) rings is 1. The van der Waals surface area contributed by atoms with E-state index in [9.17, 15) is 19.2 Å². The van der Waals surface area contributed by atoms with E-state index >= 15 is 0 Å². The molecule has 1 fully saturated rings. The normalized spacial score (nSPS) is 17.7. The van der Waals surface area contributed by atoms with Crippen molar-refractivity contribution in [1.82, 2.24) is 9.47 Å². The summed E-state index contributed by atoms with van der Waals surface area (Å²) >= 11 is 0. The largest absolute Gasteiger partial charge is 0.442 e. The van der Waals surface area contributed by atoms with Crippen LogP contribution in [0.5, 0.6) is 11.5 Å². The van der Waals surface area contributed by atoms with Crippen LogP contribution in [0.2, 0.25) is 18.1 Å². The van der Waals surface area contributed by atoms with Crippen LogP contribution in [0.15, 0.2) is 65.7 Å². The van der Waals surface area contributed by atoms with Gasteiger partial charge in [0.1, 0.15) is 17.8 Å². The van der Waals surface area contributed by atoms with Crippen molar-refractivity contribution in [2.75, 3.05) is 6.54 Å². The molecule has 208 valence electrons. The molecule has 1 saturated heterocycles. The van der Waals surface area contributed by atoms with Crippen molar-refractivity contribution in [3.05, 3.63) is 60.7 Å². The first-order valence-electron chi connectivity index (χ1n) is 12.8. The maximum Gasteiger partial charge on any atom is 0.442 e. The highest BCUT2D eigenvalue weighted by atomic mass is 28.3. The highest BCUT2D eigenvalue weighted by molar-refractivity contribution is 6.80. The summed E-state index contributed by atoms with van der Waals surface area (Å²) in [5, 5.41) is -0.105. The third-order valence-corrected chi connectivity index (χ3v) is 12.7. The summed E-state index contributed by atoms with van der Waals surface area (Å²) < 4.78 is 12.3. The molecule has 0 radical (unpaired) electrons. The maximum atomic E-state index is 13.1. The molecule has 3 amide bonds. The van der Waals surface area contributed by atoms with Gasteiger partial charge in [0.15, 0.2) is 8.24 Å². The van der Waals surface area contributed by atoms with Gasteiger partial charge in [0.05, 0.1) is 12.0 Å². The van der Waals surface area contributed by atoms with E-state index in [1.54, 1.807) is 65.2 Å². The second-order valence-electron chi connectivity index (χ2n) is 10.9. The third kappa shape index (κ3) is 6.91. The Kier molecular flexibility index (Phi) is 9.28. The Balaban J connectivity index is 1.71. The van der Waals surface area contributed by atoms with Crippen LogP contribution in [-0.4, -0.2) is 60.6 Å². The number of carbonyl (C=O) groups is 4. The van der Waals surface area contributed by atoms with Crippen molar-refractivity contribution in [2.45, 2.75) is 57.8 Å². The molecule has 1 aliphatic heterocycles. The van der Waals surface area contributed by atoms with E-state index in [1.807, 2.05) is 0 Å². The summed E-state index contributed by atoms with van der Waals surface area (Å²) in [6.45, 7) is 10.4. The lowest BCUT2D eigenvalue weighted by molar-refractivity contribution is -0.151. The molecule has 1 heterocycles. The van der Waals surface area contributed by atoms with Crippen molar-refractivity contribution in [3.63, 3.8) is 0 Å². The molecule has 0 saturated carbocycles. The fourth-order valence-electron chi connectivity index (χ4n) is 4.21. The molecule has 2 atom stereocenters. The van der Waals surface area contributed by atoms with Crippen LogP contribution in [0.3, 0.4) is 0 Å². The lowest BCUT2D eigenvalue weighted by Gasteiger charge is -2.56. The van der Waals surface area contributed by atoms with Gasteiger partial charge in [0, 0.05) is 6.54 Å². The maximum absolute atomic E-state index is 13.1. The molecule has 3 rings (SSSR count). The Morgan fingerprint density at radius 1 is 1.03 bits per heavy atom. The summed E-state index contributed by atoms with van der Waals surface area (Å²) in [4.78, 5) is 55.1. The molecule has 0 bridgehead atoms. The molecule has 2 unspecified atom stereocenters. The second-order valence-corrected chi connectivity index (χ2v) is 16.0. The highest BCUT2D eigenvalue weighted by Crippen LogP contribution is 2.45. The minimum Gasteiger partial charge on any atom is -0.410 e. The summed E-state index contributed by atoms with van der Waals surface area (Å²) in [5.41, 5.74) is 6.05. The highest BCUT2D eigenvalue weighted by Gasteiger charge is 2.56. The fourth-order valence-corrected chi connectivity index (χ4v) is 6.63. The second kappa shape index (κ2) is 12.2. The number of carbonyl (C=O) groups excluding carboxylic acids is 4. The van der Waals surface area contributed by atoms with Crippen molar-refractivity contribution in [1.29, 1.82) is 0 Å². The first-order valence-corrected chi connectivity index (χ1v) is 15.8. The number of guanidine groups is 1. The molecule has 0 aliphatic carbocycles. The quantitative estimate of drug-likeness (QED) is 0.163. The van der Waals surface area contributed by atoms with E-state index in [2.05, 4.69) is 38.9 Å². The predicted molar refractivity (Wildman–Crippen MR) is 150 cm³/mol. The van der Waals surface area contributed by atoms with Gasteiger partial charge in [-0.15, -0.1) is 4.99 Å². The Morgan fingerprint density at radius 3 is 2.08 bits per heavy atom. The molecule has 1 aliphatic rings. The zero-order chi connectivity index (χ0) is 28.8. The van der Waals surface area contributed by atoms with Crippen LogP contribution in [0, 0.1) is 5.92 Å². The summed E-state index contributed by atoms with van der Waals surface area (Å²) in [6.07, 6.45) is -0.339. The first kappa shape index (κ1) is 29.6. The van der Waals surface area contributed by atoms with E-state index in [1.165, 1.54) is 0 Å². The van der Waals surface area contributed by atoms with Crippen molar-refractivity contribution < 1.29 is 28.7 Å². The Morgan fingerprint density at radius 2 is 1.56 bits per heavy atom. The van der Waals surface area contributed by atoms with Crippen molar-refractivity contribution >= 4 is 38.6 Å². The van der Waals surface area contributed by atoms with Crippen molar-refractivity contribution in [2.24, 2.45) is 16.6 Å². The number of benzene rings is 2. The number of aldehydes is 1. The Bertz CT molecular complexity index is 1210. The van der Waals surface area contributed by atoms with Gasteiger partial charge in [-0.05, 0) is 42.1 Å². The molecule has 2 N–H and O–H groups in total. The van der Waals surface area contributed by atoms with Gasteiger partial charge >= 0.3 is 12.2 Å². The molecule has 0 aromatic heterocycles. The SMILES string of the molecule is CC(C)(C)[Si](C)(C)N1C(=O)C(CCCN(C(=O)Oc2ccccc2)C(N)=NC(=O)Oc2ccccc2)C1C=O. The van der Waals surface area contributed by atoms with Crippen LogP contribution in [0.1, 0.15) is 33.6 Å². The third-order valence-electron chi connectivity index (χ3n) is 7.34. The number of para-hydroxylation sites is 2. The monoisotopic (exact) mass is 552 g/mol. The van der Waals surface area contributed by atoms with Crippen LogP contribution < -0.4 is 15.2 Å². The van der Waals surface area contributed by atoms with E-state index in [0.29, 0.717) is 12.8 Å². The number of hydrogen-bond donors (Lipinski definition) is 1. The average molecular weight is 553 g/mol. The van der Waals surface area contributed by atoms with E-state index < -0.39 is 38.3 Å². The van der Waals surface area contributed by atoms with E-state index in [0.717, 1.165) is 11.2 Å². The Labute approximate surface area is 229 Å². The van der Waals surface area contributed by atoms with E-state index in [-0.39, 0.29) is 29.0 Å². The summed E-state index contributed by atoms with van der Waals surface area (Å²) in [6, 6.07) is 16.2. The molecular formula is C28H36N4O6Si. The number of aliphatic imine (C=N–C) groups is 1. The average Bonchev–Trinajstić information content (AvgIpc) is 2.87. The van der Waals surface area contributed by atoms with Crippen LogP contribution in [0.25, 0.3) is 0 Å². The zero-order valence-corrected chi connectivity index (χ0v) is 24.0. The van der Waals surface area contributed by atoms with Crippen LogP contribution in [-0.2, 0) is 9.59 Å². The number of amides is 3. The minimum atomic E-state index is -2.22. The molecule has 10 nitrogen and oxygen atoms in total. The standard InChI is InChI=1S/C28H36N4O6Si/c1-28(2,3)39(4,5)32-23(19-33)22(24(32)34)17-12-18-31(27(36)38-21-15-10-7-11-16-21)25(29)30-26(35)37-20-13-8-6-9-14-20/h6-11,13-16,19,22-23H,12,17-18H2,1-5H3,(H2,29,30,35). The molecular weight excluding hydrogens is 516 g/mol. The lowest BCUT2D eigenvalue weighted by atomic mass is 9.87. The van der Waals surface area contributed by atoms with E-state index in [4.69, 9.17) is 15.2 Å². The Hall–Kier alpha value is -3.99. The number of nitrogens with zero attached hydrogens (tertiary/aromatic N) is 3. The van der Waals surface area contributed by atoms with Gasteiger partial charge in [-0.25, -0.2) is 14.5 Å². The van der Waals surface area contributed by atoms with Gasteiger partial charge in [0.25, 0.3) is 0 Å². The van der Waals surface area contributed by atoms with Crippen LogP contribution >= 0.6 is 0 Å². The first-order chi connectivity index (χ1) is 18.4.